The van der Waals surface area contributed by atoms with Crippen LogP contribution in [-0.2, 0) is 0 Å². The van der Waals surface area contributed by atoms with Crippen LogP contribution in [0.1, 0.15) is 0 Å². The fourth-order valence-electron chi connectivity index (χ4n) is 24.5. The van der Waals surface area contributed by atoms with Crippen molar-refractivity contribution in [3.63, 3.8) is 0 Å². The average Bonchev–Trinajstić information content (AvgIpc) is 1.41. The van der Waals surface area contributed by atoms with Gasteiger partial charge in [-0.05, 0) is 235 Å². The Bertz CT molecular complexity index is 10900. The molecule has 32 rings (SSSR count). The van der Waals surface area contributed by atoms with Gasteiger partial charge in [-0.25, -0.2) is 0 Å². The fraction of sp³-hybridized carbons (Fsp3) is 0. The second kappa shape index (κ2) is 33.5. The highest BCUT2D eigenvalue weighted by Crippen LogP contribution is 2.49. The van der Waals surface area contributed by atoms with Gasteiger partial charge in [-0.3, -0.25) is 0 Å². The van der Waals surface area contributed by atoms with Crippen molar-refractivity contribution in [2.75, 3.05) is 0 Å². The SMILES string of the molecule is c1ccc(-n2c3ccccc3c3c2ccc2c4ccccc4n(-c4ccc(-n5c6ccccc6c6ccccc65)cc4)c23)cc1.c1ccc(-n2c3ccccc3c3cc(-c4ccc(-n5c6ccccc6c6c5ccc5c7ccccc7n(-c7ccccc7)c56)cc4)ccc32)cc1.c1ccc(-n2c3ccccc3c3cc(-c4ccc(-n5c6ccccc6c6ccc7c(c8ccccc8n7-c7ccccc7)c65)cc4)ccc32)cc1. The van der Waals surface area contributed by atoms with Crippen LogP contribution in [0, 0.1) is 0 Å². The first-order valence-corrected chi connectivity index (χ1v) is 50.5. The van der Waals surface area contributed by atoms with Crippen LogP contribution < -0.4 is 0 Å². The van der Waals surface area contributed by atoms with E-state index in [1.807, 2.05) is 0 Å². The Morgan fingerprint density at radius 2 is 0.245 bits per heavy atom. The standard InChI is InChI=1S/2C48H31N3.C42H27N3/c1-3-13-34(14-4-1)49-42-20-10-8-18-38(42)41-31-33(25-29-45(41)49)32-23-26-36(27-24-32)50-44-22-12-9-19-40(44)47-46(50)30-28-39-37-17-7-11-21-43(37)51(48(39)47)35-15-5-2-6-16-35;1-3-13-34(14-4-1)49-42-20-10-8-18-38(42)41-31-33(25-29-45(41)49)32-23-26-36(27-24-32)51-43-21-11-7-17-37(43)39-28-30-46-47(48(39)51)40-19-9-12-22-44(40)50(46)35-15-5-2-6-16-35;1-2-12-28(13-3-1)44-39-21-11-7-17-35(39)41-40(44)27-26-34-33-16-6-10-20-38(33)45(42(34)41)30-24-22-29(23-25-30)43-36-18-8-4-14-31(36)32-15-5-9-19-37(32)43/h2*1-31H;1-27H. The van der Waals surface area contributed by atoms with Gasteiger partial charge in [0.1, 0.15) is 0 Å². The monoisotopic (exact) mass is 1870 g/mol. The van der Waals surface area contributed by atoms with Crippen LogP contribution in [0.5, 0.6) is 0 Å². The molecule has 0 aliphatic carbocycles. The average molecular weight is 1870 g/mol. The number of hydrogen-bond acceptors (Lipinski definition) is 0. The molecule has 0 N–H and O–H groups in total. The second-order valence-electron chi connectivity index (χ2n) is 38.5. The quantitative estimate of drug-likeness (QED) is 0.124. The van der Waals surface area contributed by atoms with Gasteiger partial charge in [0.2, 0.25) is 0 Å². The van der Waals surface area contributed by atoms with Crippen LogP contribution in [0.15, 0.2) is 540 Å². The summed E-state index contributed by atoms with van der Waals surface area (Å²) in [6.07, 6.45) is 0. The molecule has 0 aliphatic heterocycles. The van der Waals surface area contributed by atoms with Gasteiger partial charge in [-0.1, -0.05) is 328 Å². The maximum atomic E-state index is 2.47. The van der Waals surface area contributed by atoms with E-state index in [0.29, 0.717) is 0 Å². The molecule has 9 heteroatoms. The summed E-state index contributed by atoms with van der Waals surface area (Å²) >= 11 is 0. The van der Waals surface area contributed by atoms with Gasteiger partial charge in [0, 0.05) is 148 Å². The number of para-hydroxylation sites is 15. The van der Waals surface area contributed by atoms with E-state index < -0.39 is 0 Å². The molecule has 0 saturated carbocycles. The summed E-state index contributed by atoms with van der Waals surface area (Å²) in [5, 5.41) is 22.8. The van der Waals surface area contributed by atoms with E-state index >= 15 is 0 Å². The zero-order valence-corrected chi connectivity index (χ0v) is 79.9. The number of hydrogen-bond donors (Lipinski definition) is 0. The first-order chi connectivity index (χ1) is 73.0. The minimum Gasteiger partial charge on any atom is -0.309 e. The van der Waals surface area contributed by atoms with Gasteiger partial charge in [0.05, 0.1) is 99.3 Å². The number of aromatic nitrogens is 9. The molecule has 9 nitrogen and oxygen atoms in total. The maximum Gasteiger partial charge on any atom is 0.0641 e. The summed E-state index contributed by atoms with van der Waals surface area (Å²) < 4.78 is 21.7. The van der Waals surface area contributed by atoms with Crippen LogP contribution in [-0.4, -0.2) is 41.1 Å². The summed E-state index contributed by atoms with van der Waals surface area (Å²) in [5.74, 6) is 0. The number of benzene rings is 23. The molecule has 0 amide bonds. The Hall–Kier alpha value is -19.7. The molecule has 0 unspecified atom stereocenters. The van der Waals surface area contributed by atoms with Crippen molar-refractivity contribution in [1.82, 2.24) is 41.1 Å². The third kappa shape index (κ3) is 12.9. The summed E-state index contributed by atoms with van der Waals surface area (Å²) in [5.41, 5.74) is 37.2. The smallest absolute Gasteiger partial charge is 0.0641 e. The lowest BCUT2D eigenvalue weighted by molar-refractivity contribution is 1.15. The van der Waals surface area contributed by atoms with E-state index in [0.717, 1.165) is 22.7 Å². The van der Waals surface area contributed by atoms with E-state index in [-0.39, 0.29) is 0 Å². The lowest BCUT2D eigenvalue weighted by Gasteiger charge is -2.12. The molecule has 686 valence electrons. The van der Waals surface area contributed by atoms with Crippen molar-refractivity contribution >= 4 is 196 Å². The molecular formula is C138H89N9. The molecule has 0 saturated heterocycles. The van der Waals surface area contributed by atoms with Crippen LogP contribution in [0.25, 0.3) is 270 Å². The zero-order valence-electron chi connectivity index (χ0n) is 79.9. The van der Waals surface area contributed by atoms with Crippen LogP contribution in [0.2, 0.25) is 0 Å². The highest BCUT2D eigenvalue weighted by molar-refractivity contribution is 6.30. The molecule has 0 fully saturated rings. The van der Waals surface area contributed by atoms with E-state index in [2.05, 4.69) is 581 Å². The predicted molar refractivity (Wildman–Crippen MR) is 619 cm³/mol. The van der Waals surface area contributed by atoms with Gasteiger partial charge in [0.25, 0.3) is 0 Å². The number of nitrogens with zero attached hydrogens (tertiary/aromatic N) is 9. The van der Waals surface area contributed by atoms with Crippen molar-refractivity contribution in [3.05, 3.63) is 540 Å². The van der Waals surface area contributed by atoms with Crippen molar-refractivity contribution in [2.24, 2.45) is 0 Å². The van der Waals surface area contributed by atoms with E-state index in [1.54, 1.807) is 0 Å². The van der Waals surface area contributed by atoms with Crippen molar-refractivity contribution in [1.29, 1.82) is 0 Å². The van der Waals surface area contributed by atoms with Crippen LogP contribution in [0.3, 0.4) is 0 Å². The molecular weight excluding hydrogens is 1780 g/mol. The second-order valence-corrected chi connectivity index (χ2v) is 38.5. The molecule has 147 heavy (non-hydrogen) atoms. The first-order valence-electron chi connectivity index (χ1n) is 50.5. The summed E-state index contributed by atoms with van der Waals surface area (Å²) in [7, 11) is 0. The van der Waals surface area contributed by atoms with Crippen molar-refractivity contribution < 1.29 is 0 Å². The minimum absolute atomic E-state index is 1.15. The number of rotatable bonds is 11. The van der Waals surface area contributed by atoms with Crippen molar-refractivity contribution in [3.8, 4) is 73.4 Å². The molecule has 23 aromatic carbocycles. The van der Waals surface area contributed by atoms with E-state index in [1.165, 1.54) is 247 Å². The maximum absolute atomic E-state index is 2.47. The lowest BCUT2D eigenvalue weighted by atomic mass is 10.0. The minimum atomic E-state index is 1.15. The number of fused-ring (bicyclic) bond motifs is 30. The molecule has 0 bridgehead atoms. The first kappa shape index (κ1) is 83.1. The van der Waals surface area contributed by atoms with Crippen molar-refractivity contribution in [2.45, 2.75) is 0 Å². The molecule has 9 aromatic heterocycles. The predicted octanol–water partition coefficient (Wildman–Crippen LogP) is 36.3. The Kier molecular flexibility index (Phi) is 18.9. The molecule has 0 spiro atoms. The summed E-state index contributed by atoms with van der Waals surface area (Å²) in [4.78, 5) is 0. The molecule has 32 aromatic rings. The van der Waals surface area contributed by atoms with Gasteiger partial charge < -0.3 is 41.1 Å². The summed E-state index contributed by atoms with van der Waals surface area (Å²) in [6.45, 7) is 0. The molecule has 0 aliphatic rings. The molecule has 0 radical (unpaired) electrons. The molecule has 0 atom stereocenters. The topological polar surface area (TPSA) is 44.4 Å². The third-order valence-corrected chi connectivity index (χ3v) is 30.7. The van der Waals surface area contributed by atoms with E-state index in [9.17, 15) is 0 Å². The fourth-order valence-corrected chi connectivity index (χ4v) is 24.5. The highest BCUT2D eigenvalue weighted by Gasteiger charge is 2.28. The Balaban J connectivity index is 0.000000102. The molecule has 9 heterocycles. The van der Waals surface area contributed by atoms with Crippen LogP contribution >= 0.6 is 0 Å². The zero-order chi connectivity index (χ0) is 96.4. The van der Waals surface area contributed by atoms with E-state index in [4.69, 9.17) is 0 Å². The highest BCUT2D eigenvalue weighted by atomic mass is 15.1. The Morgan fingerprint density at radius 3 is 0.503 bits per heavy atom. The normalized spacial score (nSPS) is 11.9. The van der Waals surface area contributed by atoms with Gasteiger partial charge in [-0.2, -0.15) is 0 Å². The van der Waals surface area contributed by atoms with Crippen LogP contribution in [0.4, 0.5) is 0 Å². The summed E-state index contributed by atoms with van der Waals surface area (Å²) in [6, 6.07) is 196. The van der Waals surface area contributed by atoms with Gasteiger partial charge >= 0.3 is 0 Å². The largest absolute Gasteiger partial charge is 0.309 e. The van der Waals surface area contributed by atoms with Gasteiger partial charge in [0.15, 0.2) is 0 Å². The van der Waals surface area contributed by atoms with Gasteiger partial charge in [-0.15, -0.1) is 0 Å². The lowest BCUT2D eigenvalue weighted by Crippen LogP contribution is -1.97. The Morgan fingerprint density at radius 1 is 0.0884 bits per heavy atom. The third-order valence-electron chi connectivity index (χ3n) is 30.7. The Labute approximate surface area is 844 Å².